The molecular weight excluding hydrogens is 498 g/mol. The third kappa shape index (κ3) is 5.56. The number of carbonyl (C=O) groups excluding carboxylic acids is 2. The number of hydrogen-bond acceptors (Lipinski definition) is 8. The maximum absolute atomic E-state index is 13.2. The predicted octanol–water partition coefficient (Wildman–Crippen LogP) is 4.31. The van der Waals surface area contributed by atoms with Crippen LogP contribution in [-0.4, -0.2) is 38.3 Å². The standard InChI is InChI=1S/C28H31N7O2S/c1-28(2,3)18-7-8-19-16(12-18)11-17-13-23(38-27(17)34-19)26(37)33-21(14-29)20-5-4-6-24(32-20)35-25(36)22-15-30-9-10-31-22/h4-6,9-11,13,15,18,21H,7-8,12,14,29H2,1-3H3,(H,33,37)(H,32,35,36)/t18-,21-/m1/s1. The summed E-state index contributed by atoms with van der Waals surface area (Å²) in [5.41, 5.74) is 9.43. The van der Waals surface area contributed by atoms with Gasteiger partial charge in [-0.2, -0.15) is 0 Å². The maximum Gasteiger partial charge on any atom is 0.277 e. The van der Waals surface area contributed by atoms with E-state index >= 15 is 0 Å². The number of amides is 2. The Morgan fingerprint density at radius 1 is 1.16 bits per heavy atom. The van der Waals surface area contributed by atoms with E-state index < -0.39 is 11.9 Å². The Labute approximate surface area is 225 Å². The highest BCUT2D eigenvalue weighted by atomic mass is 32.1. The summed E-state index contributed by atoms with van der Waals surface area (Å²) < 4.78 is 0. The molecule has 38 heavy (non-hydrogen) atoms. The Hall–Kier alpha value is -3.76. The highest BCUT2D eigenvalue weighted by Gasteiger charge is 2.30. The molecule has 0 saturated carbocycles. The summed E-state index contributed by atoms with van der Waals surface area (Å²) in [6.45, 7) is 7.04. The molecule has 4 heterocycles. The SMILES string of the molecule is CC(C)(C)[C@@H]1CCc2nc3sc(C(=O)N[C@H](CN)c4cccc(NC(=O)c5cnccn5)n4)cc3cc2C1. The van der Waals surface area contributed by atoms with E-state index in [4.69, 9.17) is 10.7 Å². The van der Waals surface area contributed by atoms with E-state index in [1.165, 1.54) is 35.5 Å². The third-order valence-electron chi connectivity index (χ3n) is 7.03. The quantitative estimate of drug-likeness (QED) is 0.338. The molecule has 0 radical (unpaired) electrons. The van der Waals surface area contributed by atoms with Crippen LogP contribution in [0.1, 0.15) is 70.3 Å². The van der Waals surface area contributed by atoms with Crippen LogP contribution in [0, 0.1) is 11.3 Å². The summed E-state index contributed by atoms with van der Waals surface area (Å²) in [6.07, 6.45) is 7.44. The highest BCUT2D eigenvalue weighted by molar-refractivity contribution is 7.20. The molecule has 0 aromatic carbocycles. The number of fused-ring (bicyclic) bond motifs is 2. The summed E-state index contributed by atoms with van der Waals surface area (Å²) in [7, 11) is 0. The number of aryl methyl sites for hydroxylation is 1. The van der Waals surface area contributed by atoms with Gasteiger partial charge in [0.2, 0.25) is 0 Å². The van der Waals surface area contributed by atoms with Gasteiger partial charge in [-0.15, -0.1) is 11.3 Å². The van der Waals surface area contributed by atoms with Gasteiger partial charge in [-0.25, -0.2) is 15.0 Å². The number of nitrogens with two attached hydrogens (primary N) is 1. The van der Waals surface area contributed by atoms with Gasteiger partial charge in [0.05, 0.1) is 22.8 Å². The Morgan fingerprint density at radius 3 is 2.74 bits per heavy atom. The summed E-state index contributed by atoms with van der Waals surface area (Å²) in [5, 5.41) is 6.69. The van der Waals surface area contributed by atoms with E-state index in [-0.39, 0.29) is 23.6 Å². The molecule has 1 aliphatic carbocycles. The van der Waals surface area contributed by atoms with Crippen molar-refractivity contribution in [3.05, 3.63) is 76.4 Å². The summed E-state index contributed by atoms with van der Waals surface area (Å²) in [4.78, 5) is 44.4. The van der Waals surface area contributed by atoms with Gasteiger partial charge in [0.15, 0.2) is 0 Å². The van der Waals surface area contributed by atoms with Crippen molar-refractivity contribution < 1.29 is 9.59 Å². The van der Waals surface area contributed by atoms with E-state index in [0.717, 1.165) is 35.2 Å². The number of thiophene rings is 1. The van der Waals surface area contributed by atoms with Crippen molar-refractivity contribution in [2.45, 2.75) is 46.1 Å². The molecule has 5 rings (SSSR count). The fourth-order valence-electron chi connectivity index (χ4n) is 4.77. The minimum absolute atomic E-state index is 0.145. The van der Waals surface area contributed by atoms with E-state index in [1.54, 1.807) is 18.2 Å². The smallest absolute Gasteiger partial charge is 0.277 e. The number of pyridine rings is 2. The van der Waals surface area contributed by atoms with Gasteiger partial charge in [-0.1, -0.05) is 26.8 Å². The summed E-state index contributed by atoms with van der Waals surface area (Å²) >= 11 is 1.39. The van der Waals surface area contributed by atoms with Crippen LogP contribution in [0.15, 0.2) is 48.9 Å². The molecule has 2 atom stereocenters. The molecule has 10 heteroatoms. The topological polar surface area (TPSA) is 136 Å². The second-order valence-electron chi connectivity index (χ2n) is 10.7. The van der Waals surface area contributed by atoms with Crippen LogP contribution in [0.2, 0.25) is 0 Å². The lowest BCUT2D eigenvalue weighted by Gasteiger charge is -2.34. The maximum atomic E-state index is 13.2. The van der Waals surface area contributed by atoms with Crippen molar-refractivity contribution in [3.63, 3.8) is 0 Å². The first-order valence-corrected chi connectivity index (χ1v) is 13.5. The van der Waals surface area contributed by atoms with Crippen LogP contribution in [0.4, 0.5) is 5.82 Å². The Bertz CT molecular complexity index is 1480. The van der Waals surface area contributed by atoms with E-state index in [1.807, 2.05) is 6.07 Å². The number of nitrogens with one attached hydrogen (secondary N) is 2. The molecule has 4 N–H and O–H groups in total. The molecule has 0 saturated heterocycles. The van der Waals surface area contributed by atoms with Crippen molar-refractivity contribution in [2.24, 2.45) is 17.1 Å². The number of hydrogen-bond donors (Lipinski definition) is 3. The van der Waals surface area contributed by atoms with Crippen LogP contribution in [0.3, 0.4) is 0 Å². The van der Waals surface area contributed by atoms with Crippen LogP contribution < -0.4 is 16.4 Å². The second-order valence-corrected chi connectivity index (χ2v) is 11.7. The van der Waals surface area contributed by atoms with Crippen molar-refractivity contribution >= 4 is 39.2 Å². The van der Waals surface area contributed by atoms with Crippen molar-refractivity contribution in [2.75, 3.05) is 11.9 Å². The van der Waals surface area contributed by atoms with Gasteiger partial charge < -0.3 is 16.4 Å². The Balaban J connectivity index is 1.31. The molecule has 0 aliphatic heterocycles. The Morgan fingerprint density at radius 2 is 2.00 bits per heavy atom. The first kappa shape index (κ1) is 25.9. The van der Waals surface area contributed by atoms with Gasteiger partial charge in [-0.3, -0.25) is 14.6 Å². The van der Waals surface area contributed by atoms with Crippen molar-refractivity contribution in [3.8, 4) is 0 Å². The minimum atomic E-state index is -0.533. The second kappa shape index (κ2) is 10.5. The molecule has 196 valence electrons. The molecule has 1 aliphatic rings. The average Bonchev–Trinajstić information content (AvgIpc) is 3.33. The van der Waals surface area contributed by atoms with Gasteiger partial charge in [0.1, 0.15) is 16.3 Å². The zero-order valence-corrected chi connectivity index (χ0v) is 22.5. The molecule has 4 aromatic heterocycles. The fraction of sp³-hybridized carbons (Fsp3) is 0.357. The summed E-state index contributed by atoms with van der Waals surface area (Å²) in [5.74, 6) is 0.292. The lowest BCUT2D eigenvalue weighted by molar-refractivity contribution is 0.0940. The largest absolute Gasteiger partial charge is 0.342 e. The number of carbonyl (C=O) groups is 2. The molecule has 2 amide bonds. The van der Waals surface area contributed by atoms with Gasteiger partial charge in [0.25, 0.3) is 11.8 Å². The molecular formula is C28H31N7O2S. The molecule has 9 nitrogen and oxygen atoms in total. The zero-order chi connectivity index (χ0) is 26.9. The van der Waals surface area contributed by atoms with Gasteiger partial charge in [-0.05, 0) is 60.4 Å². The zero-order valence-electron chi connectivity index (χ0n) is 21.7. The molecule has 0 unspecified atom stereocenters. The minimum Gasteiger partial charge on any atom is -0.342 e. The Kier molecular flexibility index (Phi) is 7.18. The van der Waals surface area contributed by atoms with Gasteiger partial charge in [0, 0.05) is 30.0 Å². The van der Waals surface area contributed by atoms with Crippen molar-refractivity contribution in [1.82, 2.24) is 25.3 Å². The fourth-order valence-corrected chi connectivity index (χ4v) is 5.71. The number of anilines is 1. The van der Waals surface area contributed by atoms with Crippen LogP contribution in [-0.2, 0) is 12.8 Å². The number of nitrogens with zero attached hydrogens (tertiary/aromatic N) is 4. The van der Waals surface area contributed by atoms with Gasteiger partial charge >= 0.3 is 0 Å². The van der Waals surface area contributed by atoms with Crippen LogP contribution in [0.5, 0.6) is 0 Å². The van der Waals surface area contributed by atoms with Crippen LogP contribution in [0.25, 0.3) is 10.2 Å². The van der Waals surface area contributed by atoms with Crippen LogP contribution >= 0.6 is 11.3 Å². The van der Waals surface area contributed by atoms with E-state index in [9.17, 15) is 9.59 Å². The normalized spacial score (nSPS) is 16.1. The molecule has 0 bridgehead atoms. The summed E-state index contributed by atoms with van der Waals surface area (Å²) in [6, 6.07) is 8.76. The molecule has 0 spiro atoms. The van der Waals surface area contributed by atoms with E-state index in [2.05, 4.69) is 52.4 Å². The lowest BCUT2D eigenvalue weighted by atomic mass is 9.71. The predicted molar refractivity (Wildman–Crippen MR) is 148 cm³/mol. The first-order valence-electron chi connectivity index (χ1n) is 12.7. The molecule has 0 fully saturated rings. The first-order chi connectivity index (χ1) is 18.2. The number of aromatic nitrogens is 4. The third-order valence-corrected chi connectivity index (χ3v) is 8.07. The van der Waals surface area contributed by atoms with E-state index in [0.29, 0.717) is 22.3 Å². The number of rotatable bonds is 6. The van der Waals surface area contributed by atoms with Crippen molar-refractivity contribution in [1.29, 1.82) is 0 Å². The highest BCUT2D eigenvalue weighted by Crippen LogP contribution is 2.38. The average molecular weight is 530 g/mol. The monoisotopic (exact) mass is 529 g/mol. The lowest BCUT2D eigenvalue weighted by Crippen LogP contribution is -2.33. The molecule has 4 aromatic rings.